The molecule has 0 amide bonds. The van der Waals surface area contributed by atoms with Gasteiger partial charge in [-0.05, 0) is 35.4 Å². The van der Waals surface area contributed by atoms with Crippen molar-refractivity contribution in [3.05, 3.63) is 78.2 Å². The van der Waals surface area contributed by atoms with Crippen LogP contribution in [0.25, 0.3) is 22.2 Å². The van der Waals surface area contributed by atoms with E-state index in [2.05, 4.69) is 34.4 Å². The molecule has 6 heteroatoms. The number of nitrogens with zero attached hydrogens (tertiary/aromatic N) is 2. The van der Waals surface area contributed by atoms with Crippen LogP contribution in [0.1, 0.15) is 11.5 Å². The minimum Gasteiger partial charge on any atom is -0.455 e. The van der Waals surface area contributed by atoms with Crippen LogP contribution >= 0.6 is 11.8 Å². The standard InChI is InChI=1S/C22H18N2O3S/c1-15-6-2-5-9-19(15)22-23-20(27-24-22)13-26-21(25)14-28-18-11-10-16-7-3-4-8-17(16)12-18/h2-12H,13-14H2,1H3. The first-order valence-electron chi connectivity index (χ1n) is 8.85. The number of fused-ring (bicyclic) bond motifs is 1. The van der Waals surface area contributed by atoms with Crippen molar-refractivity contribution in [1.82, 2.24) is 10.1 Å². The van der Waals surface area contributed by atoms with Crippen LogP contribution in [0.15, 0.2) is 76.1 Å². The molecular formula is C22H18N2O3S. The zero-order chi connectivity index (χ0) is 19.3. The fourth-order valence-corrected chi connectivity index (χ4v) is 3.57. The number of hydrogen-bond donors (Lipinski definition) is 0. The average molecular weight is 390 g/mol. The van der Waals surface area contributed by atoms with Crippen LogP contribution in [-0.4, -0.2) is 21.9 Å². The van der Waals surface area contributed by atoms with E-state index in [9.17, 15) is 4.79 Å². The largest absolute Gasteiger partial charge is 0.455 e. The summed E-state index contributed by atoms with van der Waals surface area (Å²) in [5, 5.41) is 6.29. The molecule has 0 bridgehead atoms. The molecule has 0 aliphatic carbocycles. The Labute approximate surface area is 166 Å². The lowest BCUT2D eigenvalue weighted by Gasteiger charge is -2.04. The van der Waals surface area contributed by atoms with Crippen molar-refractivity contribution in [2.24, 2.45) is 0 Å². The van der Waals surface area contributed by atoms with Gasteiger partial charge in [-0.1, -0.05) is 59.8 Å². The molecule has 1 aromatic heterocycles. The maximum absolute atomic E-state index is 12.1. The average Bonchev–Trinajstić information content (AvgIpc) is 3.19. The van der Waals surface area contributed by atoms with E-state index < -0.39 is 0 Å². The zero-order valence-electron chi connectivity index (χ0n) is 15.3. The number of aryl methyl sites for hydroxylation is 1. The minimum absolute atomic E-state index is 0.0318. The van der Waals surface area contributed by atoms with Crippen LogP contribution in [0.4, 0.5) is 0 Å². The summed E-state index contributed by atoms with van der Waals surface area (Å²) in [7, 11) is 0. The van der Waals surface area contributed by atoms with Crippen LogP contribution in [0, 0.1) is 6.92 Å². The molecule has 28 heavy (non-hydrogen) atoms. The molecule has 0 radical (unpaired) electrons. The molecule has 140 valence electrons. The second-order valence-corrected chi connectivity index (χ2v) is 7.33. The van der Waals surface area contributed by atoms with Crippen molar-refractivity contribution < 1.29 is 14.1 Å². The van der Waals surface area contributed by atoms with Crippen LogP contribution < -0.4 is 0 Å². The maximum Gasteiger partial charge on any atom is 0.316 e. The van der Waals surface area contributed by atoms with Crippen molar-refractivity contribution in [2.45, 2.75) is 18.4 Å². The molecule has 0 saturated heterocycles. The summed E-state index contributed by atoms with van der Waals surface area (Å²) in [6.45, 7) is 1.95. The van der Waals surface area contributed by atoms with Gasteiger partial charge in [0.25, 0.3) is 5.89 Å². The molecule has 0 spiro atoms. The van der Waals surface area contributed by atoms with Crippen molar-refractivity contribution in [3.63, 3.8) is 0 Å². The highest BCUT2D eigenvalue weighted by atomic mass is 32.2. The van der Waals surface area contributed by atoms with E-state index in [1.165, 1.54) is 17.1 Å². The fraction of sp³-hybridized carbons (Fsp3) is 0.136. The number of ether oxygens (including phenoxy) is 1. The molecule has 0 fully saturated rings. The SMILES string of the molecule is Cc1ccccc1-c1noc(COC(=O)CSc2ccc3ccccc3c2)n1. The topological polar surface area (TPSA) is 65.2 Å². The Hall–Kier alpha value is -3.12. The van der Waals surface area contributed by atoms with Gasteiger partial charge in [0.1, 0.15) is 0 Å². The first-order valence-corrected chi connectivity index (χ1v) is 9.83. The Morgan fingerprint density at radius 1 is 1.04 bits per heavy atom. The Morgan fingerprint density at radius 2 is 1.82 bits per heavy atom. The number of thioether (sulfide) groups is 1. The van der Waals surface area contributed by atoms with E-state index in [4.69, 9.17) is 9.26 Å². The molecule has 5 nitrogen and oxygen atoms in total. The molecule has 0 aliphatic rings. The number of benzene rings is 3. The molecule has 4 rings (SSSR count). The third-order valence-corrected chi connectivity index (χ3v) is 5.26. The predicted molar refractivity (Wildman–Crippen MR) is 109 cm³/mol. The third-order valence-electron chi connectivity index (χ3n) is 4.29. The van der Waals surface area contributed by atoms with Gasteiger partial charge in [0.15, 0.2) is 6.61 Å². The molecular weight excluding hydrogens is 372 g/mol. The Bertz CT molecular complexity index is 1120. The van der Waals surface area contributed by atoms with Gasteiger partial charge in [0.2, 0.25) is 5.82 Å². The number of carbonyl (C=O) groups excluding carboxylic acids is 1. The van der Waals surface area contributed by atoms with Gasteiger partial charge in [-0.15, -0.1) is 11.8 Å². The lowest BCUT2D eigenvalue weighted by Crippen LogP contribution is -2.07. The van der Waals surface area contributed by atoms with Crippen molar-refractivity contribution in [2.75, 3.05) is 5.75 Å². The van der Waals surface area contributed by atoms with Gasteiger partial charge in [-0.2, -0.15) is 4.98 Å². The van der Waals surface area contributed by atoms with E-state index in [1.54, 1.807) is 0 Å². The number of carbonyl (C=O) groups is 1. The van der Waals surface area contributed by atoms with Gasteiger partial charge >= 0.3 is 5.97 Å². The lowest BCUT2D eigenvalue weighted by atomic mass is 10.1. The van der Waals surface area contributed by atoms with Gasteiger partial charge < -0.3 is 9.26 Å². The fourth-order valence-electron chi connectivity index (χ4n) is 2.83. The van der Waals surface area contributed by atoms with Crippen LogP contribution in [0.2, 0.25) is 0 Å². The number of esters is 1. The summed E-state index contributed by atoms with van der Waals surface area (Å²) >= 11 is 1.44. The molecule has 0 N–H and O–H groups in total. The first kappa shape index (κ1) is 18.3. The van der Waals surface area contributed by atoms with Gasteiger partial charge in [-0.3, -0.25) is 4.79 Å². The van der Waals surface area contributed by atoms with Crippen LogP contribution in [-0.2, 0) is 16.1 Å². The second-order valence-electron chi connectivity index (χ2n) is 6.28. The van der Waals surface area contributed by atoms with E-state index in [-0.39, 0.29) is 24.2 Å². The highest BCUT2D eigenvalue weighted by molar-refractivity contribution is 8.00. The molecule has 4 aromatic rings. The van der Waals surface area contributed by atoms with Crippen LogP contribution in [0.5, 0.6) is 0 Å². The summed E-state index contributed by atoms with van der Waals surface area (Å²) in [4.78, 5) is 17.4. The normalized spacial score (nSPS) is 10.9. The highest BCUT2D eigenvalue weighted by Gasteiger charge is 2.12. The quantitative estimate of drug-likeness (QED) is 0.340. The highest BCUT2D eigenvalue weighted by Crippen LogP contribution is 2.24. The third kappa shape index (κ3) is 4.23. The van der Waals surface area contributed by atoms with E-state index in [0.717, 1.165) is 21.4 Å². The second kappa shape index (κ2) is 8.27. The molecule has 0 unspecified atom stereocenters. The van der Waals surface area contributed by atoms with E-state index in [0.29, 0.717) is 5.82 Å². The molecule has 0 aliphatic heterocycles. The summed E-state index contributed by atoms with van der Waals surface area (Å²) in [5.41, 5.74) is 1.95. The first-order chi connectivity index (χ1) is 13.7. The Kier molecular flexibility index (Phi) is 5.39. The number of rotatable bonds is 6. The van der Waals surface area contributed by atoms with Crippen molar-refractivity contribution in [1.29, 1.82) is 0 Å². The predicted octanol–water partition coefficient (Wildman–Crippen LogP) is 5.03. The summed E-state index contributed by atoms with van der Waals surface area (Å²) in [6.07, 6.45) is 0. The maximum atomic E-state index is 12.1. The summed E-state index contributed by atoms with van der Waals surface area (Å²) in [6, 6.07) is 22.0. The van der Waals surface area contributed by atoms with Gasteiger partial charge in [0, 0.05) is 10.5 Å². The lowest BCUT2D eigenvalue weighted by molar-refractivity contribution is -0.142. The minimum atomic E-state index is -0.325. The van der Waals surface area contributed by atoms with Crippen molar-refractivity contribution >= 4 is 28.5 Å². The van der Waals surface area contributed by atoms with Crippen LogP contribution in [0.3, 0.4) is 0 Å². The monoisotopic (exact) mass is 390 g/mol. The molecule has 3 aromatic carbocycles. The van der Waals surface area contributed by atoms with Gasteiger partial charge in [-0.25, -0.2) is 0 Å². The molecule has 0 atom stereocenters. The zero-order valence-corrected chi connectivity index (χ0v) is 16.1. The number of aromatic nitrogens is 2. The molecule has 0 saturated carbocycles. The smallest absolute Gasteiger partial charge is 0.316 e. The molecule has 1 heterocycles. The Morgan fingerprint density at radius 3 is 2.68 bits per heavy atom. The summed E-state index contributed by atoms with van der Waals surface area (Å²) in [5.74, 6) is 0.669. The van der Waals surface area contributed by atoms with Gasteiger partial charge in [0.05, 0.1) is 5.75 Å². The van der Waals surface area contributed by atoms with E-state index >= 15 is 0 Å². The Balaban J connectivity index is 1.31. The van der Waals surface area contributed by atoms with E-state index in [1.807, 2.05) is 49.4 Å². The number of hydrogen-bond acceptors (Lipinski definition) is 6. The van der Waals surface area contributed by atoms with Crippen molar-refractivity contribution in [3.8, 4) is 11.4 Å². The summed E-state index contributed by atoms with van der Waals surface area (Å²) < 4.78 is 10.5.